The second-order valence-corrected chi connectivity index (χ2v) is 14.8. The third-order valence-electron chi connectivity index (χ3n) is 11.9. The predicted molar refractivity (Wildman–Crippen MR) is 193 cm³/mol. The molecular weight excluding hydrogens is 626 g/mol. The maximum atomic E-state index is 9.38. The predicted octanol–water partition coefficient (Wildman–Crippen LogP) is 6.36. The monoisotopic (exact) mass is 685 g/mol. The number of nitrogens with one attached hydrogen (secondary N) is 1. The lowest BCUT2D eigenvalue weighted by atomic mass is 10.0. The molecule has 9 heteroatoms. The van der Waals surface area contributed by atoms with Crippen molar-refractivity contribution in [1.29, 1.82) is 0 Å². The van der Waals surface area contributed by atoms with Crippen LogP contribution < -0.4 is 14.8 Å². The Balaban J connectivity index is 0.000000146. The van der Waals surface area contributed by atoms with Crippen LogP contribution in [0.4, 0.5) is 0 Å². The average Bonchev–Trinajstić information content (AvgIpc) is 3.59. The first-order chi connectivity index (χ1) is 22.9. The standard InChI is InChI=1S/C16H23NO2.C15H21NO2.C8H15NO.ClH/c1-17-13-7-8-14(17)10-15(9-13)19-11-12-5-3-4-6-16(12)18-2;1-17-15-5-3-2-4-11(15)10-18-14-8-12-6-7-13(9-14)16-12;1-9-6-2-3-7(9)5-8(10)4-6;/h3-6,13-15H,7-11H2,1-2H3;2-5,12-14,16H,6-10H2,1H3;6-8,10H,2-5H2,1H3;1H. The fraction of sp³-hybridized carbons (Fsp3) is 0.692. The van der Waals surface area contributed by atoms with Crippen LogP contribution in [0.15, 0.2) is 48.5 Å². The molecule has 8 rings (SSSR count). The molecule has 6 unspecified atom stereocenters. The quantitative estimate of drug-likeness (QED) is 0.333. The van der Waals surface area contributed by atoms with E-state index < -0.39 is 0 Å². The van der Waals surface area contributed by atoms with Crippen LogP contribution in [0, 0.1) is 0 Å². The number of nitrogens with zero attached hydrogens (tertiary/aromatic N) is 2. The molecule has 48 heavy (non-hydrogen) atoms. The van der Waals surface area contributed by atoms with Crippen molar-refractivity contribution < 1.29 is 24.1 Å². The third-order valence-corrected chi connectivity index (χ3v) is 11.9. The summed E-state index contributed by atoms with van der Waals surface area (Å²) in [5.74, 6) is 1.85. The molecule has 2 aromatic carbocycles. The van der Waals surface area contributed by atoms with E-state index in [2.05, 4.69) is 41.3 Å². The fourth-order valence-corrected chi connectivity index (χ4v) is 9.08. The summed E-state index contributed by atoms with van der Waals surface area (Å²) < 4.78 is 22.9. The Hall–Kier alpha value is -1.91. The Kier molecular flexibility index (Phi) is 13.9. The van der Waals surface area contributed by atoms with Crippen molar-refractivity contribution in [3.05, 3.63) is 59.7 Å². The van der Waals surface area contributed by atoms with Crippen molar-refractivity contribution in [2.75, 3.05) is 28.3 Å². The van der Waals surface area contributed by atoms with Crippen LogP contribution in [0.3, 0.4) is 0 Å². The Bertz CT molecular complexity index is 1230. The van der Waals surface area contributed by atoms with Crippen molar-refractivity contribution in [3.63, 3.8) is 0 Å². The molecule has 6 saturated heterocycles. The van der Waals surface area contributed by atoms with Gasteiger partial charge in [-0.2, -0.15) is 0 Å². The molecule has 6 heterocycles. The lowest BCUT2D eigenvalue weighted by molar-refractivity contribution is -0.0216. The maximum Gasteiger partial charge on any atom is 0.124 e. The minimum atomic E-state index is -0.00583. The van der Waals surface area contributed by atoms with Crippen molar-refractivity contribution in [2.45, 2.75) is 145 Å². The number of benzene rings is 2. The van der Waals surface area contributed by atoms with Crippen molar-refractivity contribution >= 4 is 12.4 Å². The van der Waals surface area contributed by atoms with E-state index in [-0.39, 0.29) is 18.5 Å². The van der Waals surface area contributed by atoms with Crippen LogP contribution in [0.1, 0.15) is 88.2 Å². The molecule has 0 aliphatic carbocycles. The van der Waals surface area contributed by atoms with Gasteiger partial charge in [0.25, 0.3) is 0 Å². The van der Waals surface area contributed by atoms with E-state index in [0.29, 0.717) is 49.6 Å². The van der Waals surface area contributed by atoms with Gasteiger partial charge in [-0.05, 0) is 103 Å². The van der Waals surface area contributed by atoms with E-state index >= 15 is 0 Å². The van der Waals surface area contributed by atoms with Gasteiger partial charge in [-0.1, -0.05) is 36.4 Å². The van der Waals surface area contributed by atoms with E-state index in [1.807, 2.05) is 36.4 Å². The fourth-order valence-electron chi connectivity index (χ4n) is 9.08. The summed E-state index contributed by atoms with van der Waals surface area (Å²) in [6, 6.07) is 20.4. The van der Waals surface area contributed by atoms with Gasteiger partial charge in [0.1, 0.15) is 11.5 Å². The number of methoxy groups -OCH3 is 2. The van der Waals surface area contributed by atoms with Gasteiger partial charge in [-0.25, -0.2) is 0 Å². The van der Waals surface area contributed by atoms with Crippen LogP contribution in [-0.2, 0) is 22.7 Å². The Morgan fingerprint density at radius 2 is 1.00 bits per heavy atom. The zero-order valence-electron chi connectivity index (χ0n) is 29.6. The topological polar surface area (TPSA) is 75.7 Å². The summed E-state index contributed by atoms with van der Waals surface area (Å²) in [5, 5.41) is 13.0. The zero-order chi connectivity index (χ0) is 32.8. The highest BCUT2D eigenvalue weighted by Gasteiger charge is 2.39. The van der Waals surface area contributed by atoms with Crippen LogP contribution >= 0.6 is 12.4 Å². The van der Waals surface area contributed by atoms with Crippen molar-refractivity contribution in [3.8, 4) is 11.5 Å². The Morgan fingerprint density at radius 3 is 1.44 bits per heavy atom. The number of para-hydroxylation sites is 2. The SMILES string of the molecule is CN1C2CCC1CC(O)C2.COc1ccccc1COC1CC2CCC(C1)N2.COc1ccccc1COC1CC2CCC(C1)N2C.Cl. The smallest absolute Gasteiger partial charge is 0.124 e. The zero-order valence-corrected chi connectivity index (χ0v) is 30.4. The number of hydrogen-bond donors (Lipinski definition) is 2. The minimum absolute atomic E-state index is 0. The summed E-state index contributed by atoms with van der Waals surface area (Å²) in [6.07, 6.45) is 15.4. The summed E-state index contributed by atoms with van der Waals surface area (Å²) >= 11 is 0. The van der Waals surface area contributed by atoms with E-state index in [1.54, 1.807) is 14.2 Å². The molecule has 0 saturated carbocycles. The maximum absolute atomic E-state index is 9.38. The van der Waals surface area contributed by atoms with E-state index in [4.69, 9.17) is 18.9 Å². The summed E-state index contributed by atoms with van der Waals surface area (Å²) in [7, 11) is 7.88. The second-order valence-electron chi connectivity index (χ2n) is 14.8. The lowest BCUT2D eigenvalue weighted by Crippen LogP contribution is -2.42. The molecule has 6 aliphatic heterocycles. The number of ether oxygens (including phenoxy) is 4. The highest BCUT2D eigenvalue weighted by atomic mass is 35.5. The molecule has 0 aromatic heterocycles. The molecule has 2 aromatic rings. The van der Waals surface area contributed by atoms with Gasteiger partial charge in [0.2, 0.25) is 0 Å². The lowest BCUT2D eigenvalue weighted by Gasteiger charge is -2.36. The molecular formula is C39H60ClN3O5. The number of aliphatic hydroxyl groups excluding tert-OH is 1. The largest absolute Gasteiger partial charge is 0.496 e. The van der Waals surface area contributed by atoms with E-state index in [1.165, 1.54) is 51.4 Å². The van der Waals surface area contributed by atoms with Gasteiger partial charge in [-0.15, -0.1) is 12.4 Å². The first kappa shape index (κ1) is 37.3. The summed E-state index contributed by atoms with van der Waals surface area (Å²) in [6.45, 7) is 1.33. The van der Waals surface area contributed by atoms with Gasteiger partial charge in [0.05, 0.1) is 45.7 Å². The number of piperidine rings is 3. The molecule has 268 valence electrons. The Morgan fingerprint density at radius 1 is 0.604 bits per heavy atom. The van der Waals surface area contributed by atoms with Gasteiger partial charge in [0, 0.05) is 47.4 Å². The van der Waals surface area contributed by atoms with E-state index in [0.717, 1.165) is 60.4 Å². The average molecular weight is 686 g/mol. The molecule has 6 fully saturated rings. The number of aliphatic hydroxyl groups is 1. The molecule has 6 aliphatic rings. The third kappa shape index (κ3) is 9.45. The van der Waals surface area contributed by atoms with E-state index in [9.17, 15) is 5.11 Å². The van der Waals surface area contributed by atoms with Gasteiger partial charge in [0.15, 0.2) is 0 Å². The number of rotatable bonds is 8. The molecule has 8 nitrogen and oxygen atoms in total. The highest BCUT2D eigenvalue weighted by Crippen LogP contribution is 2.36. The van der Waals surface area contributed by atoms with Crippen LogP contribution in [0.25, 0.3) is 0 Å². The number of fused-ring (bicyclic) bond motifs is 6. The van der Waals surface area contributed by atoms with Gasteiger partial charge < -0.3 is 39.2 Å². The van der Waals surface area contributed by atoms with Crippen LogP contribution in [0.5, 0.6) is 11.5 Å². The summed E-state index contributed by atoms with van der Waals surface area (Å²) in [4.78, 5) is 4.98. The normalized spacial score (nSPS) is 33.5. The highest BCUT2D eigenvalue weighted by molar-refractivity contribution is 5.85. The molecule has 0 amide bonds. The van der Waals surface area contributed by atoms with Gasteiger partial charge >= 0.3 is 0 Å². The van der Waals surface area contributed by atoms with Crippen LogP contribution in [-0.4, -0.2) is 97.8 Å². The van der Waals surface area contributed by atoms with Crippen LogP contribution in [0.2, 0.25) is 0 Å². The second kappa shape index (κ2) is 17.8. The number of hydrogen-bond acceptors (Lipinski definition) is 8. The first-order valence-corrected chi connectivity index (χ1v) is 18.2. The van der Waals surface area contributed by atoms with Crippen molar-refractivity contribution in [1.82, 2.24) is 15.1 Å². The molecule has 0 radical (unpaired) electrons. The number of halogens is 1. The van der Waals surface area contributed by atoms with Gasteiger partial charge in [-0.3, -0.25) is 0 Å². The Labute approximate surface area is 295 Å². The molecule has 2 N–H and O–H groups in total. The first-order valence-electron chi connectivity index (χ1n) is 18.2. The molecule has 0 spiro atoms. The van der Waals surface area contributed by atoms with Crippen molar-refractivity contribution in [2.24, 2.45) is 0 Å². The molecule has 6 atom stereocenters. The molecule has 6 bridgehead atoms. The minimum Gasteiger partial charge on any atom is -0.496 e. The summed E-state index contributed by atoms with van der Waals surface area (Å²) in [5.41, 5.74) is 2.29.